The fourth-order valence-electron chi connectivity index (χ4n) is 1.73. The minimum atomic E-state index is -0.207. The van der Waals surface area contributed by atoms with E-state index in [9.17, 15) is 0 Å². The van der Waals surface area contributed by atoms with Crippen molar-refractivity contribution in [3.05, 3.63) is 23.0 Å². The Labute approximate surface area is 104 Å². The second kappa shape index (κ2) is 5.59. The monoisotopic (exact) mass is 255 g/mol. The lowest BCUT2D eigenvalue weighted by molar-refractivity contribution is -0.0989. The summed E-state index contributed by atoms with van der Waals surface area (Å²) in [6, 6.07) is 0. The molecule has 0 spiro atoms. The molecule has 2 aromatic rings. The van der Waals surface area contributed by atoms with E-state index in [1.165, 1.54) is 5.69 Å². The van der Waals surface area contributed by atoms with Crippen LogP contribution in [0.3, 0.4) is 0 Å². The number of imidazole rings is 1. The van der Waals surface area contributed by atoms with Crippen LogP contribution in [0.25, 0.3) is 4.96 Å². The van der Waals surface area contributed by atoms with E-state index >= 15 is 0 Å². The van der Waals surface area contributed by atoms with Crippen molar-refractivity contribution in [3.63, 3.8) is 0 Å². The standard InChI is InChI=1S/C11H17N3O2S/c1-8-9(6-12-7-10(15-2)16-3)14-4-5-17-11(14)13-8/h4-5,10,12H,6-7H2,1-3H3. The average molecular weight is 255 g/mol. The van der Waals surface area contributed by atoms with Crippen molar-refractivity contribution in [2.75, 3.05) is 20.8 Å². The summed E-state index contributed by atoms with van der Waals surface area (Å²) in [5.41, 5.74) is 2.25. The molecule has 0 radical (unpaired) electrons. The molecule has 0 saturated carbocycles. The maximum atomic E-state index is 5.12. The average Bonchev–Trinajstić information content (AvgIpc) is 2.87. The second-order valence-electron chi connectivity index (χ2n) is 3.73. The van der Waals surface area contributed by atoms with Crippen LogP contribution < -0.4 is 5.32 Å². The zero-order valence-electron chi connectivity index (χ0n) is 10.3. The number of fused-ring (bicyclic) bond motifs is 1. The fraction of sp³-hybridized carbons (Fsp3) is 0.545. The van der Waals surface area contributed by atoms with Gasteiger partial charge in [0, 0.05) is 38.9 Å². The van der Waals surface area contributed by atoms with E-state index in [0.29, 0.717) is 6.54 Å². The first-order valence-electron chi connectivity index (χ1n) is 5.43. The topological polar surface area (TPSA) is 47.8 Å². The number of hydrogen-bond acceptors (Lipinski definition) is 5. The second-order valence-corrected chi connectivity index (χ2v) is 4.60. The SMILES string of the molecule is COC(CNCc1c(C)nc2sccn12)OC. The van der Waals surface area contributed by atoms with E-state index < -0.39 is 0 Å². The number of rotatable bonds is 6. The Kier molecular flexibility index (Phi) is 4.11. The van der Waals surface area contributed by atoms with E-state index in [0.717, 1.165) is 17.2 Å². The Morgan fingerprint density at radius 3 is 2.94 bits per heavy atom. The first kappa shape index (κ1) is 12.5. The highest BCUT2D eigenvalue weighted by atomic mass is 32.1. The molecular weight excluding hydrogens is 238 g/mol. The van der Waals surface area contributed by atoms with Crippen molar-refractivity contribution in [2.45, 2.75) is 19.8 Å². The van der Waals surface area contributed by atoms with Crippen molar-refractivity contribution in [1.29, 1.82) is 0 Å². The molecule has 0 aliphatic rings. The summed E-state index contributed by atoms with van der Waals surface area (Å²) in [4.78, 5) is 5.53. The van der Waals surface area contributed by atoms with Gasteiger partial charge in [0.05, 0.1) is 11.4 Å². The molecule has 0 amide bonds. The van der Waals surface area contributed by atoms with Gasteiger partial charge in [-0.15, -0.1) is 11.3 Å². The number of hydrogen-bond donors (Lipinski definition) is 1. The normalized spacial score (nSPS) is 11.8. The molecule has 5 nitrogen and oxygen atoms in total. The number of ether oxygens (including phenoxy) is 2. The molecule has 0 aliphatic heterocycles. The van der Waals surface area contributed by atoms with Crippen LogP contribution in [0.1, 0.15) is 11.4 Å². The van der Waals surface area contributed by atoms with Crippen LogP contribution in [0, 0.1) is 6.92 Å². The molecule has 1 N–H and O–H groups in total. The minimum Gasteiger partial charge on any atom is -0.355 e. The number of thiazole rings is 1. The molecule has 0 bridgehead atoms. The van der Waals surface area contributed by atoms with Crippen LogP contribution in [-0.2, 0) is 16.0 Å². The van der Waals surface area contributed by atoms with Gasteiger partial charge in [0.2, 0.25) is 0 Å². The Morgan fingerprint density at radius 2 is 2.24 bits per heavy atom. The Morgan fingerprint density at radius 1 is 1.47 bits per heavy atom. The van der Waals surface area contributed by atoms with Crippen LogP contribution >= 0.6 is 11.3 Å². The van der Waals surface area contributed by atoms with E-state index in [1.54, 1.807) is 25.6 Å². The lowest BCUT2D eigenvalue weighted by atomic mass is 10.3. The van der Waals surface area contributed by atoms with E-state index in [1.807, 2.05) is 18.5 Å². The highest BCUT2D eigenvalue weighted by Gasteiger charge is 2.10. The van der Waals surface area contributed by atoms with Crippen molar-refractivity contribution in [1.82, 2.24) is 14.7 Å². The molecule has 2 rings (SSSR count). The quantitative estimate of drug-likeness (QED) is 0.793. The van der Waals surface area contributed by atoms with E-state index in [-0.39, 0.29) is 6.29 Å². The first-order valence-corrected chi connectivity index (χ1v) is 6.31. The molecule has 0 aliphatic carbocycles. The van der Waals surface area contributed by atoms with Gasteiger partial charge in [0.1, 0.15) is 0 Å². The lowest BCUT2D eigenvalue weighted by Gasteiger charge is -2.13. The summed E-state index contributed by atoms with van der Waals surface area (Å²) < 4.78 is 12.3. The molecule has 2 heterocycles. The van der Waals surface area contributed by atoms with Crippen LogP contribution in [-0.4, -0.2) is 36.4 Å². The number of methoxy groups -OCH3 is 2. The summed E-state index contributed by atoms with van der Waals surface area (Å²) in [6.45, 7) is 3.44. The molecule has 0 saturated heterocycles. The number of aryl methyl sites for hydroxylation is 1. The third kappa shape index (κ3) is 2.66. The molecular formula is C11H17N3O2S. The Bertz CT molecular complexity index is 476. The summed E-state index contributed by atoms with van der Waals surface area (Å²) >= 11 is 1.65. The van der Waals surface area contributed by atoms with Gasteiger partial charge >= 0.3 is 0 Å². The number of nitrogens with one attached hydrogen (secondary N) is 1. The smallest absolute Gasteiger partial charge is 0.194 e. The van der Waals surface area contributed by atoms with Crippen LogP contribution in [0.15, 0.2) is 11.6 Å². The first-order chi connectivity index (χ1) is 8.26. The van der Waals surface area contributed by atoms with Gasteiger partial charge in [-0.1, -0.05) is 0 Å². The molecule has 6 heteroatoms. The zero-order valence-corrected chi connectivity index (χ0v) is 11.1. The largest absolute Gasteiger partial charge is 0.355 e. The van der Waals surface area contributed by atoms with E-state index in [4.69, 9.17) is 9.47 Å². The predicted molar refractivity (Wildman–Crippen MR) is 67.3 cm³/mol. The maximum absolute atomic E-state index is 5.12. The maximum Gasteiger partial charge on any atom is 0.194 e. The fourth-order valence-corrected chi connectivity index (χ4v) is 2.50. The highest BCUT2D eigenvalue weighted by molar-refractivity contribution is 7.15. The molecule has 0 unspecified atom stereocenters. The molecule has 0 fully saturated rings. The van der Waals surface area contributed by atoms with Gasteiger partial charge in [-0.05, 0) is 6.92 Å². The Balaban J connectivity index is 1.98. The summed E-state index contributed by atoms with van der Waals surface area (Å²) in [6.07, 6.45) is 1.84. The van der Waals surface area contributed by atoms with E-state index in [2.05, 4.69) is 14.7 Å². The minimum absolute atomic E-state index is 0.207. The van der Waals surface area contributed by atoms with Gasteiger partial charge in [0.25, 0.3) is 0 Å². The van der Waals surface area contributed by atoms with Crippen LogP contribution in [0.5, 0.6) is 0 Å². The van der Waals surface area contributed by atoms with Gasteiger partial charge in [-0.25, -0.2) is 4.98 Å². The van der Waals surface area contributed by atoms with Crippen molar-refractivity contribution in [3.8, 4) is 0 Å². The highest BCUT2D eigenvalue weighted by Crippen LogP contribution is 2.16. The molecule has 0 atom stereocenters. The summed E-state index contributed by atoms with van der Waals surface area (Å²) in [5, 5.41) is 5.35. The van der Waals surface area contributed by atoms with Gasteiger partial charge in [0.15, 0.2) is 11.3 Å². The molecule has 0 aromatic carbocycles. The Hall–Kier alpha value is -0.950. The number of nitrogens with zero attached hydrogens (tertiary/aromatic N) is 2. The molecule has 17 heavy (non-hydrogen) atoms. The third-order valence-electron chi connectivity index (χ3n) is 2.69. The third-order valence-corrected chi connectivity index (χ3v) is 3.45. The zero-order chi connectivity index (χ0) is 12.3. The van der Waals surface area contributed by atoms with Crippen molar-refractivity contribution >= 4 is 16.3 Å². The van der Waals surface area contributed by atoms with Gasteiger partial charge < -0.3 is 14.8 Å². The lowest BCUT2D eigenvalue weighted by Crippen LogP contribution is -2.29. The molecule has 2 aromatic heterocycles. The summed E-state index contributed by atoms with van der Waals surface area (Å²) in [7, 11) is 3.27. The predicted octanol–water partition coefficient (Wildman–Crippen LogP) is 1.41. The van der Waals surface area contributed by atoms with Gasteiger partial charge in [-0.3, -0.25) is 4.40 Å². The number of aromatic nitrogens is 2. The van der Waals surface area contributed by atoms with Gasteiger partial charge in [-0.2, -0.15) is 0 Å². The van der Waals surface area contributed by atoms with Crippen molar-refractivity contribution in [2.24, 2.45) is 0 Å². The van der Waals surface area contributed by atoms with Crippen LogP contribution in [0.4, 0.5) is 0 Å². The van der Waals surface area contributed by atoms with Crippen LogP contribution in [0.2, 0.25) is 0 Å². The molecule has 94 valence electrons. The van der Waals surface area contributed by atoms with Crippen molar-refractivity contribution < 1.29 is 9.47 Å². The summed E-state index contributed by atoms with van der Waals surface area (Å²) in [5.74, 6) is 0.